The van der Waals surface area contributed by atoms with Gasteiger partial charge in [-0.3, -0.25) is 0 Å². The molecule has 0 fully saturated rings. The van der Waals surface area contributed by atoms with E-state index in [0.717, 1.165) is 16.3 Å². The summed E-state index contributed by atoms with van der Waals surface area (Å²) in [6.45, 7) is 11.0. The molecule has 0 spiro atoms. The average Bonchev–Trinajstić information content (AvgIpc) is 3.16. The number of aliphatic hydroxyl groups is 1. The molecular formula is C26H33NO2SSi. The van der Waals surface area contributed by atoms with Crippen molar-refractivity contribution in [2.75, 3.05) is 6.61 Å². The van der Waals surface area contributed by atoms with Crippen LogP contribution in [0.1, 0.15) is 44.8 Å². The van der Waals surface area contributed by atoms with Crippen molar-refractivity contribution in [3.8, 4) is 0 Å². The number of aliphatic hydroxyl groups excluding tert-OH is 1. The molecule has 0 bridgehead atoms. The van der Waals surface area contributed by atoms with E-state index in [1.54, 1.807) is 11.3 Å². The van der Waals surface area contributed by atoms with Crippen molar-refractivity contribution in [3.05, 3.63) is 82.3 Å². The number of aryl methyl sites for hydroxylation is 1. The molecule has 1 N–H and O–H groups in total. The Hall–Kier alpha value is -2.05. The van der Waals surface area contributed by atoms with Crippen LogP contribution >= 0.6 is 11.3 Å². The lowest BCUT2D eigenvalue weighted by molar-refractivity contribution is 0.171. The van der Waals surface area contributed by atoms with Gasteiger partial charge in [0.2, 0.25) is 0 Å². The second-order valence-corrected chi connectivity index (χ2v) is 14.3. The maximum Gasteiger partial charge on any atom is 0.261 e. The van der Waals surface area contributed by atoms with E-state index < -0.39 is 8.32 Å². The van der Waals surface area contributed by atoms with Crippen LogP contribution in [0.2, 0.25) is 5.04 Å². The summed E-state index contributed by atoms with van der Waals surface area (Å²) in [5.74, 6) is 0. The van der Waals surface area contributed by atoms with Crippen molar-refractivity contribution in [3.63, 3.8) is 0 Å². The average molecular weight is 452 g/mol. The SMILES string of the molecule is CC(=Cc1csc(C)n1)[C@@H](CCO)O[Si](c1ccccc1)(c1ccccc1)C(C)(C)C. The van der Waals surface area contributed by atoms with Crippen LogP contribution in [0.25, 0.3) is 6.08 Å². The molecule has 0 aliphatic heterocycles. The second kappa shape index (κ2) is 10.0. The number of aromatic nitrogens is 1. The largest absolute Gasteiger partial charge is 0.401 e. The predicted octanol–water partition coefficient (Wildman–Crippen LogP) is 5.18. The minimum atomic E-state index is -2.69. The maximum atomic E-state index is 9.89. The Bertz CT molecular complexity index is 954. The molecule has 0 saturated heterocycles. The lowest BCUT2D eigenvalue weighted by atomic mass is 10.1. The third kappa shape index (κ3) is 5.24. The van der Waals surface area contributed by atoms with Gasteiger partial charge in [-0.25, -0.2) is 4.98 Å². The highest BCUT2D eigenvalue weighted by atomic mass is 32.1. The Morgan fingerprint density at radius 1 is 1.06 bits per heavy atom. The minimum Gasteiger partial charge on any atom is -0.401 e. The summed E-state index contributed by atoms with van der Waals surface area (Å²) in [6.07, 6.45) is 2.45. The molecule has 0 aliphatic carbocycles. The Morgan fingerprint density at radius 3 is 2.03 bits per heavy atom. The summed E-state index contributed by atoms with van der Waals surface area (Å²) >= 11 is 1.65. The highest BCUT2D eigenvalue weighted by molar-refractivity contribution is 7.09. The molecule has 2 aromatic carbocycles. The molecule has 0 aliphatic rings. The van der Waals surface area contributed by atoms with Crippen LogP contribution in [-0.4, -0.2) is 31.1 Å². The molecule has 0 radical (unpaired) electrons. The molecule has 0 saturated carbocycles. The van der Waals surface area contributed by atoms with Gasteiger partial charge in [0.25, 0.3) is 8.32 Å². The van der Waals surface area contributed by atoms with Crippen LogP contribution < -0.4 is 10.4 Å². The van der Waals surface area contributed by atoms with Gasteiger partial charge in [0.15, 0.2) is 0 Å². The van der Waals surface area contributed by atoms with Gasteiger partial charge in [-0.2, -0.15) is 0 Å². The zero-order valence-electron chi connectivity index (χ0n) is 19.1. The number of benzene rings is 2. The number of nitrogens with zero attached hydrogens (tertiary/aromatic N) is 1. The maximum absolute atomic E-state index is 9.89. The normalized spacial score (nSPS) is 13.9. The van der Waals surface area contributed by atoms with Gasteiger partial charge in [0.05, 0.1) is 16.8 Å². The minimum absolute atomic E-state index is 0.0736. The fourth-order valence-corrected chi connectivity index (χ4v) is 9.49. The molecule has 3 aromatic rings. The number of hydrogen-bond acceptors (Lipinski definition) is 4. The molecule has 3 rings (SSSR count). The molecule has 1 heterocycles. The first-order valence-corrected chi connectivity index (χ1v) is 13.6. The van der Waals surface area contributed by atoms with Gasteiger partial charge in [-0.05, 0) is 47.3 Å². The molecule has 5 heteroatoms. The van der Waals surface area contributed by atoms with Crippen molar-refractivity contribution in [2.24, 2.45) is 0 Å². The molecule has 3 nitrogen and oxygen atoms in total. The van der Waals surface area contributed by atoms with Crippen LogP contribution in [-0.2, 0) is 4.43 Å². The fraction of sp³-hybridized carbons (Fsp3) is 0.346. The van der Waals surface area contributed by atoms with Crippen molar-refractivity contribution in [2.45, 2.75) is 52.2 Å². The Balaban J connectivity index is 2.15. The van der Waals surface area contributed by atoms with Crippen LogP contribution in [0.5, 0.6) is 0 Å². The number of rotatable bonds is 8. The van der Waals surface area contributed by atoms with Crippen LogP contribution in [0.4, 0.5) is 0 Å². The van der Waals surface area contributed by atoms with Crippen LogP contribution in [0, 0.1) is 6.92 Å². The lowest BCUT2D eigenvalue weighted by Gasteiger charge is -2.45. The predicted molar refractivity (Wildman–Crippen MR) is 135 cm³/mol. The zero-order chi connectivity index (χ0) is 22.5. The summed E-state index contributed by atoms with van der Waals surface area (Å²) in [5, 5.41) is 15.4. The van der Waals surface area contributed by atoms with Gasteiger partial charge in [-0.1, -0.05) is 81.4 Å². The Labute approximate surface area is 191 Å². The third-order valence-electron chi connectivity index (χ3n) is 5.65. The second-order valence-electron chi connectivity index (χ2n) is 8.96. The molecule has 0 amide bonds. The lowest BCUT2D eigenvalue weighted by Crippen LogP contribution is -2.67. The van der Waals surface area contributed by atoms with Gasteiger partial charge < -0.3 is 9.53 Å². The van der Waals surface area contributed by atoms with E-state index >= 15 is 0 Å². The summed E-state index contributed by atoms with van der Waals surface area (Å²) in [6, 6.07) is 21.3. The molecule has 31 heavy (non-hydrogen) atoms. The van der Waals surface area contributed by atoms with Crippen LogP contribution in [0.3, 0.4) is 0 Å². The fourth-order valence-electron chi connectivity index (χ4n) is 4.17. The smallest absolute Gasteiger partial charge is 0.261 e. The zero-order valence-corrected chi connectivity index (χ0v) is 20.9. The molecular weight excluding hydrogens is 418 g/mol. The van der Waals surface area contributed by atoms with E-state index in [-0.39, 0.29) is 17.7 Å². The van der Waals surface area contributed by atoms with E-state index in [9.17, 15) is 5.11 Å². The first-order chi connectivity index (χ1) is 14.8. The highest BCUT2D eigenvalue weighted by Gasteiger charge is 2.51. The van der Waals surface area contributed by atoms with Crippen molar-refractivity contribution < 1.29 is 9.53 Å². The molecule has 1 aromatic heterocycles. The monoisotopic (exact) mass is 451 g/mol. The Kier molecular flexibility index (Phi) is 7.65. The highest BCUT2D eigenvalue weighted by Crippen LogP contribution is 2.38. The number of thiazole rings is 1. The standard InChI is InChI=1S/C26H33NO2SSi/c1-20(18-22-19-30-21(2)27-22)25(16-17-28)29-31(26(3,4)5,23-12-8-6-9-13-23)24-14-10-7-11-15-24/h6-15,18-19,25,28H,16-17H2,1-5H3/t25-/m1/s1. The first-order valence-electron chi connectivity index (χ1n) is 10.8. The van der Waals surface area contributed by atoms with Gasteiger partial charge >= 0.3 is 0 Å². The van der Waals surface area contributed by atoms with Crippen LogP contribution in [0.15, 0.2) is 71.6 Å². The van der Waals surface area contributed by atoms with E-state index in [1.807, 2.05) is 6.92 Å². The molecule has 1 atom stereocenters. The van der Waals surface area contributed by atoms with E-state index in [2.05, 4.69) is 105 Å². The van der Waals surface area contributed by atoms with Gasteiger partial charge in [0.1, 0.15) is 0 Å². The van der Waals surface area contributed by atoms with Gasteiger partial charge in [0, 0.05) is 12.0 Å². The molecule has 164 valence electrons. The van der Waals surface area contributed by atoms with Crippen molar-refractivity contribution in [1.82, 2.24) is 4.98 Å². The molecule has 0 unspecified atom stereocenters. The summed E-state index contributed by atoms with van der Waals surface area (Å²) in [5.41, 5.74) is 2.04. The third-order valence-corrected chi connectivity index (χ3v) is 11.5. The quantitative estimate of drug-likeness (QED) is 0.480. The number of hydrogen-bond donors (Lipinski definition) is 1. The van der Waals surface area contributed by atoms with E-state index in [0.29, 0.717) is 6.42 Å². The summed E-state index contributed by atoms with van der Waals surface area (Å²) in [4.78, 5) is 4.59. The van der Waals surface area contributed by atoms with Crippen molar-refractivity contribution in [1.29, 1.82) is 0 Å². The van der Waals surface area contributed by atoms with E-state index in [4.69, 9.17) is 4.43 Å². The van der Waals surface area contributed by atoms with Gasteiger partial charge in [-0.15, -0.1) is 11.3 Å². The summed E-state index contributed by atoms with van der Waals surface area (Å²) in [7, 11) is -2.69. The van der Waals surface area contributed by atoms with Crippen molar-refractivity contribution >= 4 is 36.1 Å². The Morgan fingerprint density at radius 2 is 1.61 bits per heavy atom. The van der Waals surface area contributed by atoms with E-state index in [1.165, 1.54) is 10.4 Å². The first kappa shape index (κ1) is 23.6. The topological polar surface area (TPSA) is 42.4 Å². The summed E-state index contributed by atoms with van der Waals surface area (Å²) < 4.78 is 7.24.